The minimum atomic E-state index is -1.22. The Morgan fingerprint density at radius 1 is 1.05 bits per heavy atom. The first-order valence-corrected chi connectivity index (χ1v) is 12.3. The fourth-order valence-corrected chi connectivity index (χ4v) is 4.43. The number of hydrogen-bond acceptors (Lipinski definition) is 6. The van der Waals surface area contributed by atoms with Crippen molar-refractivity contribution in [1.82, 2.24) is 9.88 Å². The van der Waals surface area contributed by atoms with Gasteiger partial charge in [-0.3, -0.25) is 9.59 Å². The number of amides is 2. The molecule has 2 amide bonds. The van der Waals surface area contributed by atoms with Gasteiger partial charge in [0.15, 0.2) is 5.58 Å². The van der Waals surface area contributed by atoms with Crippen molar-refractivity contribution >= 4 is 34.5 Å². The van der Waals surface area contributed by atoms with Crippen LogP contribution in [0.25, 0.3) is 27.8 Å². The van der Waals surface area contributed by atoms with E-state index in [4.69, 9.17) is 9.15 Å². The van der Waals surface area contributed by atoms with E-state index in [9.17, 15) is 23.9 Å². The van der Waals surface area contributed by atoms with Crippen molar-refractivity contribution in [3.8, 4) is 11.1 Å². The summed E-state index contributed by atoms with van der Waals surface area (Å²) in [6, 6.07) is 15.2. The third-order valence-electron chi connectivity index (χ3n) is 6.39. The second kappa shape index (κ2) is 10.5. The van der Waals surface area contributed by atoms with Crippen LogP contribution in [0.15, 0.2) is 95.3 Å². The number of fused-ring (bicyclic) bond motifs is 2. The third-order valence-corrected chi connectivity index (χ3v) is 6.39. The lowest BCUT2D eigenvalue weighted by Gasteiger charge is -2.20. The van der Waals surface area contributed by atoms with E-state index in [2.05, 4.69) is 11.6 Å². The number of hydrogen-bond donors (Lipinski definition) is 1. The van der Waals surface area contributed by atoms with Crippen LogP contribution in [-0.2, 0) is 4.74 Å². The lowest BCUT2D eigenvalue weighted by atomic mass is 10.1. The van der Waals surface area contributed by atoms with Gasteiger partial charge in [-0.25, -0.2) is 19.1 Å². The zero-order chi connectivity index (χ0) is 28.6. The Balaban J connectivity index is 1.54. The van der Waals surface area contributed by atoms with Gasteiger partial charge < -0.3 is 14.3 Å². The molecule has 0 fully saturated rings. The number of carboxylic acids is 1. The summed E-state index contributed by atoms with van der Waals surface area (Å²) < 4.78 is 24.8. The van der Waals surface area contributed by atoms with Crippen LogP contribution in [0.1, 0.15) is 50.3 Å². The number of benzene rings is 3. The van der Waals surface area contributed by atoms with Crippen LogP contribution in [0, 0.1) is 5.82 Å². The number of carbonyl (C=O) groups is 3. The SMILES string of the molecule is C=C(/C=C(\C(=C/CC)OC)N1C(=O)c2ccc(C(=O)O)cc2C1=O)c1nc2cc(-c3ccc(F)cc3)ccc2o1. The lowest BCUT2D eigenvalue weighted by Crippen LogP contribution is -2.30. The van der Waals surface area contributed by atoms with E-state index in [1.807, 2.05) is 13.0 Å². The molecule has 0 aliphatic carbocycles. The quantitative estimate of drug-likeness (QED) is 0.156. The Hall–Kier alpha value is -5.31. The number of rotatable bonds is 8. The normalized spacial score (nSPS) is 13.6. The number of imide groups is 1. The molecule has 0 saturated heterocycles. The van der Waals surface area contributed by atoms with E-state index in [0.29, 0.717) is 17.5 Å². The molecule has 0 saturated carbocycles. The highest BCUT2D eigenvalue weighted by atomic mass is 19.1. The van der Waals surface area contributed by atoms with Gasteiger partial charge in [0.25, 0.3) is 11.8 Å². The van der Waals surface area contributed by atoms with Crippen LogP contribution in [0.2, 0.25) is 0 Å². The molecule has 0 spiro atoms. The molecule has 0 bridgehead atoms. The zero-order valence-electron chi connectivity index (χ0n) is 21.6. The van der Waals surface area contributed by atoms with E-state index < -0.39 is 17.8 Å². The van der Waals surface area contributed by atoms with Gasteiger partial charge in [-0.2, -0.15) is 0 Å². The summed E-state index contributed by atoms with van der Waals surface area (Å²) in [4.78, 5) is 43.7. The number of aromatic nitrogens is 1. The highest BCUT2D eigenvalue weighted by molar-refractivity contribution is 6.23. The number of ether oxygens (including phenoxy) is 1. The van der Waals surface area contributed by atoms with Crippen LogP contribution in [-0.4, -0.2) is 39.9 Å². The summed E-state index contributed by atoms with van der Waals surface area (Å²) in [6.45, 7) is 5.92. The molecule has 0 unspecified atom stereocenters. The molecular formula is C31H23FN2O6. The molecule has 200 valence electrons. The van der Waals surface area contributed by atoms with Crippen molar-refractivity contribution < 1.29 is 33.0 Å². The van der Waals surface area contributed by atoms with Crippen LogP contribution >= 0.6 is 0 Å². The Bertz CT molecular complexity index is 1760. The second-order valence-electron chi connectivity index (χ2n) is 8.96. The summed E-state index contributed by atoms with van der Waals surface area (Å²) >= 11 is 0. The number of allylic oxidation sites excluding steroid dienone is 3. The fraction of sp³-hybridized carbons (Fsp3) is 0.0968. The number of carbonyl (C=O) groups excluding carboxylic acids is 2. The Labute approximate surface area is 228 Å². The lowest BCUT2D eigenvalue weighted by molar-refractivity contribution is 0.0686. The molecule has 5 rings (SSSR count). The number of nitrogens with zero attached hydrogens (tertiary/aromatic N) is 2. The molecule has 1 N–H and O–H groups in total. The maximum Gasteiger partial charge on any atom is 0.335 e. The molecule has 1 aliphatic rings. The van der Waals surface area contributed by atoms with Crippen molar-refractivity contribution in [2.75, 3.05) is 7.11 Å². The van der Waals surface area contributed by atoms with Gasteiger partial charge in [0.05, 0.1) is 29.5 Å². The smallest absolute Gasteiger partial charge is 0.335 e. The molecule has 1 aromatic heterocycles. The van der Waals surface area contributed by atoms with Gasteiger partial charge in [-0.15, -0.1) is 0 Å². The van der Waals surface area contributed by atoms with E-state index in [1.54, 1.807) is 30.3 Å². The predicted octanol–water partition coefficient (Wildman–Crippen LogP) is 6.47. The minimum absolute atomic E-state index is 0.0245. The first-order valence-electron chi connectivity index (χ1n) is 12.3. The van der Waals surface area contributed by atoms with Crippen molar-refractivity contribution in [2.45, 2.75) is 13.3 Å². The summed E-state index contributed by atoms with van der Waals surface area (Å²) in [5.41, 5.74) is 2.94. The maximum atomic E-state index is 13.4. The molecule has 0 atom stereocenters. The monoisotopic (exact) mass is 538 g/mol. The number of carboxylic acid groups (broad SMARTS) is 1. The van der Waals surface area contributed by atoms with Gasteiger partial charge in [0.1, 0.15) is 17.1 Å². The molecule has 3 aromatic carbocycles. The van der Waals surface area contributed by atoms with E-state index >= 15 is 0 Å². The number of aromatic carboxylic acids is 1. The highest BCUT2D eigenvalue weighted by Crippen LogP contribution is 2.33. The zero-order valence-corrected chi connectivity index (χ0v) is 21.6. The molecule has 0 radical (unpaired) electrons. The Morgan fingerprint density at radius 3 is 2.42 bits per heavy atom. The number of methoxy groups -OCH3 is 1. The highest BCUT2D eigenvalue weighted by Gasteiger charge is 2.39. The van der Waals surface area contributed by atoms with Crippen LogP contribution < -0.4 is 0 Å². The van der Waals surface area contributed by atoms with Crippen LogP contribution in [0.3, 0.4) is 0 Å². The summed E-state index contributed by atoms with van der Waals surface area (Å²) in [5.74, 6) is -2.47. The molecule has 1 aliphatic heterocycles. The van der Waals surface area contributed by atoms with Crippen molar-refractivity contribution in [3.63, 3.8) is 0 Å². The standard InChI is InChI=1S/C31H23FN2O6/c1-4-5-27(39-3)25(34-29(35)22-12-8-20(31(37)38)15-23(22)30(34)36)14-17(2)28-33-24-16-19(9-13-26(24)40-28)18-6-10-21(32)11-7-18/h5-16H,2,4H2,1,3H3,(H,37,38)/b25-14+,27-5+. The molecule has 2 heterocycles. The van der Waals surface area contributed by atoms with Crippen LogP contribution in [0.5, 0.6) is 0 Å². The largest absolute Gasteiger partial charge is 0.495 e. The van der Waals surface area contributed by atoms with Gasteiger partial charge in [-0.05, 0) is 72.2 Å². The Kier molecular flexibility index (Phi) is 6.87. The average molecular weight is 539 g/mol. The summed E-state index contributed by atoms with van der Waals surface area (Å²) in [6.07, 6.45) is 3.71. The van der Waals surface area contributed by atoms with Crippen molar-refractivity contribution in [3.05, 3.63) is 119 Å². The summed E-state index contributed by atoms with van der Waals surface area (Å²) in [7, 11) is 1.41. The van der Waals surface area contributed by atoms with E-state index in [0.717, 1.165) is 16.0 Å². The van der Waals surface area contributed by atoms with Gasteiger partial charge >= 0.3 is 5.97 Å². The molecule has 4 aromatic rings. The Morgan fingerprint density at radius 2 is 1.75 bits per heavy atom. The van der Waals surface area contributed by atoms with Crippen molar-refractivity contribution in [2.24, 2.45) is 0 Å². The van der Waals surface area contributed by atoms with Gasteiger partial charge in [0, 0.05) is 5.57 Å². The van der Waals surface area contributed by atoms with E-state index in [1.165, 1.54) is 43.5 Å². The van der Waals surface area contributed by atoms with Crippen LogP contribution in [0.4, 0.5) is 4.39 Å². The summed E-state index contributed by atoms with van der Waals surface area (Å²) in [5, 5.41) is 9.34. The minimum Gasteiger partial charge on any atom is -0.495 e. The second-order valence-corrected chi connectivity index (χ2v) is 8.96. The number of oxazole rings is 1. The maximum absolute atomic E-state index is 13.4. The fourth-order valence-electron chi connectivity index (χ4n) is 4.43. The first kappa shape index (κ1) is 26.3. The van der Waals surface area contributed by atoms with Gasteiger partial charge in [0.2, 0.25) is 5.89 Å². The average Bonchev–Trinajstić information content (AvgIpc) is 3.49. The third kappa shape index (κ3) is 4.69. The van der Waals surface area contributed by atoms with Gasteiger partial charge in [-0.1, -0.05) is 31.7 Å². The number of halogens is 1. The molecule has 8 nitrogen and oxygen atoms in total. The first-order chi connectivity index (χ1) is 19.2. The van der Waals surface area contributed by atoms with E-state index in [-0.39, 0.29) is 45.4 Å². The topological polar surface area (TPSA) is 110 Å². The predicted molar refractivity (Wildman–Crippen MR) is 146 cm³/mol. The van der Waals surface area contributed by atoms with Crippen molar-refractivity contribution in [1.29, 1.82) is 0 Å². The molecule has 40 heavy (non-hydrogen) atoms. The molecule has 9 heteroatoms. The molecular weight excluding hydrogens is 515 g/mol.